The second-order valence-electron chi connectivity index (χ2n) is 7.75. The Kier molecular flexibility index (Phi) is 5.03. The van der Waals surface area contributed by atoms with Crippen molar-refractivity contribution in [2.45, 2.75) is 18.6 Å². The Balaban J connectivity index is 1.51. The van der Waals surface area contributed by atoms with E-state index in [9.17, 15) is 18.0 Å². The highest BCUT2D eigenvalue weighted by Crippen LogP contribution is 2.41. The zero-order valence-corrected chi connectivity index (χ0v) is 17.5. The maximum Gasteiger partial charge on any atom is 0.416 e. The molecule has 2 amide bonds. The maximum absolute atomic E-state index is 13.3. The quantitative estimate of drug-likeness (QED) is 0.636. The predicted octanol–water partition coefficient (Wildman–Crippen LogP) is 4.20. The number of ether oxygens (including phenoxy) is 1. The van der Waals surface area contributed by atoms with Crippen molar-refractivity contribution in [3.63, 3.8) is 0 Å². The van der Waals surface area contributed by atoms with Crippen molar-refractivity contribution >= 4 is 23.4 Å². The van der Waals surface area contributed by atoms with Gasteiger partial charge in [-0.05, 0) is 30.7 Å². The molecule has 0 unspecified atom stereocenters. The molecule has 33 heavy (non-hydrogen) atoms. The first-order valence-electron chi connectivity index (χ1n) is 10.2. The highest BCUT2D eigenvalue weighted by molar-refractivity contribution is 6.04. The number of nitrogens with zero attached hydrogens (tertiary/aromatic N) is 5. The number of pyridine rings is 1. The van der Waals surface area contributed by atoms with Crippen molar-refractivity contribution in [1.29, 1.82) is 0 Å². The van der Waals surface area contributed by atoms with Gasteiger partial charge in [0.2, 0.25) is 5.88 Å². The molecule has 8 nitrogen and oxygen atoms in total. The van der Waals surface area contributed by atoms with Crippen LogP contribution in [0.3, 0.4) is 0 Å². The number of fused-ring (bicyclic) bond motifs is 4. The molecular formula is C22H19F3N6O2. The Hall–Kier alpha value is -3.89. The van der Waals surface area contributed by atoms with E-state index in [-0.39, 0.29) is 11.9 Å². The number of alkyl halides is 3. The summed E-state index contributed by atoms with van der Waals surface area (Å²) in [4.78, 5) is 29.5. The lowest BCUT2D eigenvalue weighted by molar-refractivity contribution is -0.137. The van der Waals surface area contributed by atoms with Crippen LogP contribution in [-0.2, 0) is 6.18 Å². The topological polar surface area (TPSA) is 83.5 Å². The molecule has 0 aliphatic carbocycles. The summed E-state index contributed by atoms with van der Waals surface area (Å²) in [7, 11) is 1.46. The number of amides is 2. The Labute approximate surface area is 187 Å². The standard InChI is InChI=1S/C22H19F3N6O2/c1-33-19-10-18(26-12-27-19)29-21(32)31-15-7-8-30(11-15)17-6-5-16(28-20(17)31)13-3-2-4-14(9-13)22(23,24)25/h2-6,9-10,12,15H,7-8,11H2,1H3,(H,26,27,29,32)/t15-/m0/s1. The molecule has 2 bridgehead atoms. The van der Waals surface area contributed by atoms with Gasteiger partial charge in [-0.1, -0.05) is 12.1 Å². The monoisotopic (exact) mass is 456 g/mol. The number of nitrogens with one attached hydrogen (secondary N) is 1. The van der Waals surface area contributed by atoms with Gasteiger partial charge in [0, 0.05) is 24.7 Å². The van der Waals surface area contributed by atoms with Crippen molar-refractivity contribution < 1.29 is 22.7 Å². The number of hydrogen-bond donors (Lipinski definition) is 1. The summed E-state index contributed by atoms with van der Waals surface area (Å²) in [5, 5.41) is 2.75. The average Bonchev–Trinajstić information content (AvgIpc) is 3.22. The molecule has 0 radical (unpaired) electrons. The molecule has 1 saturated heterocycles. The van der Waals surface area contributed by atoms with Gasteiger partial charge < -0.3 is 9.64 Å². The molecule has 2 aliphatic heterocycles. The average molecular weight is 456 g/mol. The Morgan fingerprint density at radius 3 is 2.82 bits per heavy atom. The van der Waals surface area contributed by atoms with E-state index >= 15 is 0 Å². The molecule has 0 spiro atoms. The van der Waals surface area contributed by atoms with Gasteiger partial charge in [-0.2, -0.15) is 13.2 Å². The summed E-state index contributed by atoms with van der Waals surface area (Å²) in [6, 6.07) is 9.41. The molecule has 1 atom stereocenters. The number of hydrogen-bond acceptors (Lipinski definition) is 6. The van der Waals surface area contributed by atoms with Crippen LogP contribution in [0.1, 0.15) is 12.0 Å². The predicted molar refractivity (Wildman–Crippen MR) is 115 cm³/mol. The van der Waals surface area contributed by atoms with Crippen LogP contribution < -0.4 is 19.9 Å². The highest BCUT2D eigenvalue weighted by Gasteiger charge is 2.40. The van der Waals surface area contributed by atoms with Gasteiger partial charge in [0.15, 0.2) is 5.82 Å². The van der Waals surface area contributed by atoms with E-state index < -0.39 is 17.8 Å². The largest absolute Gasteiger partial charge is 0.481 e. The summed E-state index contributed by atoms with van der Waals surface area (Å²) < 4.78 is 44.6. The second-order valence-corrected chi connectivity index (χ2v) is 7.75. The first kappa shape index (κ1) is 21.0. The summed E-state index contributed by atoms with van der Waals surface area (Å²) in [6.07, 6.45) is -2.44. The number of carbonyl (C=O) groups excluding carboxylic acids is 1. The number of urea groups is 1. The molecule has 2 aliphatic rings. The Bertz CT molecular complexity index is 1220. The lowest BCUT2D eigenvalue weighted by Gasteiger charge is -2.35. The van der Waals surface area contributed by atoms with Crippen LogP contribution in [0.15, 0.2) is 48.8 Å². The van der Waals surface area contributed by atoms with Crippen molar-refractivity contribution in [2.75, 3.05) is 35.3 Å². The highest BCUT2D eigenvalue weighted by atomic mass is 19.4. The lowest BCUT2D eigenvalue weighted by Crippen LogP contribution is -2.48. The molecule has 170 valence electrons. The molecule has 11 heteroatoms. The van der Waals surface area contributed by atoms with Crippen molar-refractivity contribution in [1.82, 2.24) is 15.0 Å². The van der Waals surface area contributed by atoms with Crippen LogP contribution in [0.4, 0.5) is 35.3 Å². The van der Waals surface area contributed by atoms with E-state index in [0.29, 0.717) is 29.5 Å². The minimum atomic E-state index is -4.46. The van der Waals surface area contributed by atoms with E-state index in [1.54, 1.807) is 23.1 Å². The molecule has 0 saturated carbocycles. The SMILES string of the molecule is COc1cc(NC(=O)N2c3nc(-c4cccc(C(F)(F)F)c4)ccc3N3CC[C@H]2C3)ncn1. The summed E-state index contributed by atoms with van der Waals surface area (Å²) >= 11 is 0. The third-order valence-electron chi connectivity index (χ3n) is 5.74. The first-order valence-corrected chi connectivity index (χ1v) is 10.2. The van der Waals surface area contributed by atoms with Crippen molar-refractivity contribution in [3.8, 4) is 17.1 Å². The van der Waals surface area contributed by atoms with Gasteiger partial charge in [0.1, 0.15) is 12.1 Å². The number of benzene rings is 1. The van der Waals surface area contributed by atoms with Crippen molar-refractivity contribution in [2.24, 2.45) is 0 Å². The summed E-state index contributed by atoms with van der Waals surface area (Å²) in [6.45, 7) is 1.41. The van der Waals surface area contributed by atoms with Gasteiger partial charge in [-0.3, -0.25) is 10.2 Å². The van der Waals surface area contributed by atoms with E-state index in [4.69, 9.17) is 4.74 Å². The van der Waals surface area contributed by atoms with Gasteiger partial charge in [0.05, 0.1) is 30.1 Å². The fraction of sp³-hybridized carbons (Fsp3) is 0.273. The normalized spacial score (nSPS) is 17.0. The molecular weight excluding hydrogens is 437 g/mol. The van der Waals surface area contributed by atoms with Crippen LogP contribution in [0.5, 0.6) is 5.88 Å². The fourth-order valence-corrected chi connectivity index (χ4v) is 4.18. The van der Waals surface area contributed by atoms with Crippen LogP contribution in [0.2, 0.25) is 0 Å². The molecule has 1 fully saturated rings. The minimum absolute atomic E-state index is 0.120. The molecule has 4 heterocycles. The zero-order valence-electron chi connectivity index (χ0n) is 17.5. The number of aromatic nitrogens is 3. The van der Waals surface area contributed by atoms with Gasteiger partial charge in [-0.15, -0.1) is 0 Å². The number of carbonyl (C=O) groups is 1. The Morgan fingerprint density at radius 2 is 2.03 bits per heavy atom. The maximum atomic E-state index is 13.3. The van der Waals surface area contributed by atoms with Crippen LogP contribution in [-0.4, -0.2) is 47.2 Å². The van der Waals surface area contributed by atoms with Gasteiger partial charge in [-0.25, -0.2) is 19.7 Å². The molecule has 5 rings (SSSR count). The molecule has 1 N–H and O–H groups in total. The van der Waals surface area contributed by atoms with Gasteiger partial charge in [0.25, 0.3) is 0 Å². The third-order valence-corrected chi connectivity index (χ3v) is 5.74. The van der Waals surface area contributed by atoms with Crippen molar-refractivity contribution in [3.05, 3.63) is 54.4 Å². The van der Waals surface area contributed by atoms with E-state index in [2.05, 4.69) is 25.2 Å². The molecule has 2 aromatic heterocycles. The van der Waals surface area contributed by atoms with Crippen LogP contribution >= 0.6 is 0 Å². The molecule has 3 aromatic rings. The minimum Gasteiger partial charge on any atom is -0.481 e. The van der Waals surface area contributed by atoms with Gasteiger partial charge >= 0.3 is 12.2 Å². The van der Waals surface area contributed by atoms with Crippen LogP contribution in [0.25, 0.3) is 11.3 Å². The number of rotatable bonds is 3. The summed E-state index contributed by atoms with van der Waals surface area (Å²) in [5.74, 6) is 0.969. The lowest BCUT2D eigenvalue weighted by atomic mass is 10.1. The number of anilines is 3. The number of halogens is 3. The van der Waals surface area contributed by atoms with E-state index in [1.807, 2.05) is 0 Å². The van der Waals surface area contributed by atoms with Crippen LogP contribution in [0, 0.1) is 0 Å². The first-order chi connectivity index (χ1) is 15.8. The molecule has 1 aromatic carbocycles. The second kappa shape index (κ2) is 7.91. The zero-order chi connectivity index (χ0) is 23.2. The van der Waals surface area contributed by atoms with E-state index in [1.165, 1.54) is 25.6 Å². The third kappa shape index (κ3) is 3.90. The number of methoxy groups -OCH3 is 1. The van der Waals surface area contributed by atoms with E-state index in [0.717, 1.165) is 30.8 Å². The Morgan fingerprint density at radius 1 is 1.18 bits per heavy atom. The smallest absolute Gasteiger partial charge is 0.416 e. The fourth-order valence-electron chi connectivity index (χ4n) is 4.18. The summed E-state index contributed by atoms with van der Waals surface area (Å²) in [5.41, 5.74) is 0.677.